The zero-order valence-corrected chi connectivity index (χ0v) is 40.1. The van der Waals surface area contributed by atoms with E-state index in [4.69, 9.17) is 4.74 Å². The van der Waals surface area contributed by atoms with E-state index in [-0.39, 0.29) is 37.7 Å². The molecule has 61 heavy (non-hydrogen) atoms. The molecule has 0 N–H and O–H groups in total. The smallest absolute Gasteiger partial charge is 0.381 e. The fourth-order valence-corrected chi connectivity index (χ4v) is 10.2. The summed E-state index contributed by atoms with van der Waals surface area (Å²) in [6.45, 7) is 12.1. The zero-order chi connectivity index (χ0) is 41.2. The average molecular weight is 865 g/mol. The van der Waals surface area contributed by atoms with Crippen molar-refractivity contribution in [2.75, 3.05) is 13.2 Å². The Hall–Kier alpha value is -2.53. The number of rotatable bonds is 4. The molecule has 3 unspecified atom stereocenters. The second-order valence-corrected chi connectivity index (χ2v) is 17.8. The molecule has 0 bridgehead atoms. The van der Waals surface area contributed by atoms with Crippen LogP contribution in [0.3, 0.4) is 0 Å². The molecule has 4 heteroatoms. The van der Waals surface area contributed by atoms with E-state index >= 15 is 0 Å². The van der Waals surface area contributed by atoms with Gasteiger partial charge in [0, 0.05) is 24.5 Å². The Balaban J connectivity index is 0.000000173. The van der Waals surface area contributed by atoms with Crippen LogP contribution in [0.1, 0.15) is 153 Å². The molecular weight excluding hydrogens is 794 g/mol. The molecule has 1 nitrogen and oxygen atoms in total. The summed E-state index contributed by atoms with van der Waals surface area (Å²) >= 11 is 3.51. The molecule has 4 aromatic rings. The zero-order valence-electron chi connectivity index (χ0n) is 38.5. The minimum absolute atomic E-state index is 0. The first-order valence-electron chi connectivity index (χ1n) is 23.0. The third-order valence-corrected chi connectivity index (χ3v) is 13.8. The summed E-state index contributed by atoms with van der Waals surface area (Å²) in [5.74, 6) is 2.87. The van der Waals surface area contributed by atoms with Gasteiger partial charge in [0.25, 0.3) is 0 Å². The Kier molecular flexibility index (Phi) is 23.1. The minimum Gasteiger partial charge on any atom is -0.381 e. The molecule has 6 aliphatic carbocycles. The van der Waals surface area contributed by atoms with Crippen LogP contribution in [-0.4, -0.2) is 13.2 Å². The van der Waals surface area contributed by atoms with Crippen molar-refractivity contribution in [3.63, 3.8) is 0 Å². The van der Waals surface area contributed by atoms with Crippen LogP contribution < -0.4 is 37.7 Å². The van der Waals surface area contributed by atoms with E-state index in [0.717, 1.165) is 50.6 Å². The van der Waals surface area contributed by atoms with Gasteiger partial charge in [-0.15, -0.1) is 0 Å². The summed E-state index contributed by atoms with van der Waals surface area (Å²) < 4.78 is 4.94. The molecule has 0 radical (unpaired) electrons. The van der Waals surface area contributed by atoms with Gasteiger partial charge < -0.3 is 11.7 Å². The van der Waals surface area contributed by atoms with Gasteiger partial charge in [-0.1, -0.05) is 196 Å². The molecule has 0 spiro atoms. The summed E-state index contributed by atoms with van der Waals surface area (Å²) in [5, 5.41) is 0.970. The molecule has 312 valence electrons. The number of fused-ring (bicyclic) bond motifs is 5. The van der Waals surface area contributed by atoms with Crippen LogP contribution in [0.4, 0.5) is 0 Å². The normalized spacial score (nSPS) is 19.8. The number of halogens is 1. The van der Waals surface area contributed by atoms with Crippen LogP contribution in [0.2, 0.25) is 0 Å². The van der Waals surface area contributed by atoms with E-state index in [9.17, 15) is 0 Å². The topological polar surface area (TPSA) is 9.23 Å². The predicted octanol–water partition coefficient (Wildman–Crippen LogP) is 10.2. The Morgan fingerprint density at radius 3 is 1.75 bits per heavy atom. The Morgan fingerprint density at radius 2 is 1.18 bits per heavy atom. The number of allylic oxidation sites excluding steroid dienone is 6. The molecule has 3 fully saturated rings. The molecular formula is C57H70BrLi2O+. The van der Waals surface area contributed by atoms with Crippen LogP contribution in [0.15, 0.2) is 109 Å². The molecule has 7 aliphatic rings. The molecule has 4 aromatic carbocycles. The van der Waals surface area contributed by atoms with Crippen LogP contribution in [0, 0.1) is 18.8 Å². The monoisotopic (exact) mass is 863 g/mol. The second kappa shape index (κ2) is 27.6. The maximum atomic E-state index is 4.94. The molecule has 3 atom stereocenters. The van der Waals surface area contributed by atoms with E-state index in [2.05, 4.69) is 165 Å². The Morgan fingerprint density at radius 1 is 0.623 bits per heavy atom. The Labute approximate surface area is 403 Å². The van der Waals surface area contributed by atoms with E-state index in [1.807, 2.05) is 0 Å². The van der Waals surface area contributed by atoms with Crippen LogP contribution in [0.5, 0.6) is 0 Å². The van der Waals surface area contributed by atoms with Crippen LogP contribution in [-0.2, 0) is 35.8 Å². The van der Waals surface area contributed by atoms with Crippen molar-refractivity contribution >= 4 is 39.2 Å². The van der Waals surface area contributed by atoms with Crippen LogP contribution in [0.25, 0.3) is 23.3 Å². The van der Waals surface area contributed by atoms with E-state index in [1.54, 1.807) is 31.2 Å². The van der Waals surface area contributed by atoms with Gasteiger partial charge in [0.15, 0.2) is 0 Å². The van der Waals surface area contributed by atoms with Crippen molar-refractivity contribution in [3.8, 4) is 0 Å². The van der Waals surface area contributed by atoms with Gasteiger partial charge in [0.2, 0.25) is 0 Å². The van der Waals surface area contributed by atoms with Crippen molar-refractivity contribution < 1.29 is 42.5 Å². The minimum atomic E-state index is 0. The van der Waals surface area contributed by atoms with Crippen molar-refractivity contribution in [3.05, 3.63) is 172 Å². The fraction of sp³-hybridized carbons (Fsp3) is 0.421. The first-order chi connectivity index (χ1) is 29.0. The van der Waals surface area contributed by atoms with Crippen LogP contribution >= 0.6 is 15.9 Å². The van der Waals surface area contributed by atoms with E-state index in [0.29, 0.717) is 5.92 Å². The quantitative estimate of drug-likeness (QED) is 0.113. The number of benzene rings is 4. The maximum absolute atomic E-state index is 4.94. The van der Waals surface area contributed by atoms with Gasteiger partial charge in [-0.05, 0) is 131 Å². The van der Waals surface area contributed by atoms with E-state index in [1.165, 1.54) is 112 Å². The average Bonchev–Trinajstić information content (AvgIpc) is 4.15. The molecule has 11 rings (SSSR count). The predicted molar refractivity (Wildman–Crippen MR) is 261 cm³/mol. The number of hydrogen-bond donors (Lipinski definition) is 0. The largest absolute Gasteiger partial charge is 1.00 e. The Bertz CT molecular complexity index is 2030. The van der Waals surface area contributed by atoms with Crippen molar-refractivity contribution in [2.24, 2.45) is 11.8 Å². The van der Waals surface area contributed by atoms with Gasteiger partial charge in [0.05, 0.1) is 0 Å². The van der Waals surface area contributed by atoms with Crippen molar-refractivity contribution in [1.82, 2.24) is 0 Å². The molecule has 1 aliphatic heterocycles. The number of hydrogen-bond acceptors (Lipinski definition) is 1. The maximum Gasteiger partial charge on any atom is 1.00 e. The molecule has 0 amide bonds. The van der Waals surface area contributed by atoms with Gasteiger partial charge in [-0.25, -0.2) is 0 Å². The summed E-state index contributed by atoms with van der Waals surface area (Å²) in [4.78, 5) is 0. The number of unbranched alkanes of at least 4 members (excludes halogenated alkanes) is 1. The third kappa shape index (κ3) is 14.8. The second-order valence-electron chi connectivity index (χ2n) is 17.2. The summed E-state index contributed by atoms with van der Waals surface area (Å²) in [7, 11) is 0. The van der Waals surface area contributed by atoms with Gasteiger partial charge in [0.1, 0.15) is 0 Å². The summed E-state index contributed by atoms with van der Waals surface area (Å²) in [6, 6.07) is 30.6. The number of alkyl halides is 1. The third-order valence-electron chi connectivity index (χ3n) is 13.2. The number of ether oxygens (including phenoxy) is 1. The fourth-order valence-electron chi connectivity index (χ4n) is 9.67. The SMILES string of the molecule is C1=Cc2ccccc2C1.C1CCC2CCCC2C1.C1CCOC1.CC1=CCc2c(CBr)cccc21.CC1=CCc2c(CC3C=Cc4ccccc43)cccc21.[CH2-]CCC.[Li+].[Li+]. The summed E-state index contributed by atoms with van der Waals surface area (Å²) in [5.41, 5.74) is 17.5. The molecule has 0 aromatic heterocycles. The molecule has 1 heterocycles. The van der Waals surface area contributed by atoms with Gasteiger partial charge in [-0.3, -0.25) is 0 Å². The van der Waals surface area contributed by atoms with E-state index < -0.39 is 0 Å². The molecule has 2 saturated carbocycles. The summed E-state index contributed by atoms with van der Waals surface area (Å²) in [6.07, 6.45) is 33.8. The van der Waals surface area contributed by atoms with Gasteiger partial charge >= 0.3 is 37.7 Å². The van der Waals surface area contributed by atoms with Crippen molar-refractivity contribution in [1.29, 1.82) is 0 Å². The van der Waals surface area contributed by atoms with Gasteiger partial charge in [-0.2, -0.15) is 6.42 Å². The molecule has 1 saturated heterocycles. The first-order valence-corrected chi connectivity index (χ1v) is 24.1. The standard InChI is InChI=1S/C20H18.C11H11Br.C9H16.C9H8.C4H8O.C4H9.2Li/c1-14-9-12-20-16(6-4-8-18(14)20)13-17-11-10-15-5-2-3-7-19(15)17;1-8-5-6-11-9(7-12)3-2-4-10(8)11;2*1-2-5-9-7-3-6-8(9)4-1;1-2-4-5-3-1;1-3-4-2;;/h2-11,17H,12-13H2,1H3;2-5H,6-7H2,1H3;8-9H,1-7H2;1-6H,7H2;1-4H2;1,3-4H2,2H3;;/q;;;;;-1;2*+1. The first kappa shape index (κ1) is 51.1. The van der Waals surface area contributed by atoms with Crippen molar-refractivity contribution in [2.45, 2.75) is 128 Å².